The molecule has 1 unspecified atom stereocenters. The van der Waals surface area contributed by atoms with Crippen LogP contribution >= 0.6 is 0 Å². The molecule has 0 aliphatic carbocycles. The van der Waals surface area contributed by atoms with E-state index in [1.807, 2.05) is 0 Å². The van der Waals surface area contributed by atoms with Crippen LogP contribution < -0.4 is 10.6 Å². The number of aromatic amines is 1. The third kappa shape index (κ3) is 4.33. The Morgan fingerprint density at radius 1 is 1.37 bits per heavy atom. The second-order valence-corrected chi connectivity index (χ2v) is 5.68. The molecule has 2 aromatic heterocycles. The van der Waals surface area contributed by atoms with Crippen LogP contribution in [0.4, 0.5) is 27.7 Å². The monoisotopic (exact) mass is 373 g/mol. The molecule has 0 bridgehead atoms. The molecule has 11 heteroatoms. The van der Waals surface area contributed by atoms with E-state index in [9.17, 15) is 19.6 Å². The van der Waals surface area contributed by atoms with Crippen LogP contribution in [0.1, 0.15) is 17.3 Å². The number of hydrogen-bond donors (Lipinski definition) is 4. The molecule has 0 radical (unpaired) electrons. The second kappa shape index (κ2) is 7.74. The minimum absolute atomic E-state index is 0.0544. The van der Waals surface area contributed by atoms with Crippen LogP contribution in [0.25, 0.3) is 0 Å². The normalized spacial score (nSPS) is 11.8. The summed E-state index contributed by atoms with van der Waals surface area (Å²) in [5, 5.41) is 33.1. The first-order valence-corrected chi connectivity index (χ1v) is 7.89. The van der Waals surface area contributed by atoms with Gasteiger partial charge in [0.05, 0.1) is 17.6 Å². The molecule has 0 spiro atoms. The number of anilines is 3. The lowest BCUT2D eigenvalue weighted by Crippen LogP contribution is -2.17. The van der Waals surface area contributed by atoms with Gasteiger partial charge in [-0.15, -0.1) is 0 Å². The molecule has 0 fully saturated rings. The first kappa shape index (κ1) is 18.2. The van der Waals surface area contributed by atoms with Crippen LogP contribution in [-0.2, 0) is 0 Å². The first-order valence-electron chi connectivity index (χ1n) is 7.89. The van der Waals surface area contributed by atoms with E-state index in [0.29, 0.717) is 11.4 Å². The average Bonchev–Trinajstić information content (AvgIpc) is 3.05. The average molecular weight is 373 g/mol. The summed E-state index contributed by atoms with van der Waals surface area (Å²) in [6.07, 6.45) is 1.05. The SMILES string of the molecule is Cc1cc(Nc2nc(NC(CO)c3ccc(F)cc3)ncc2[N+](=O)[O-])n[nH]1. The van der Waals surface area contributed by atoms with Crippen molar-refractivity contribution in [3.05, 3.63) is 63.7 Å². The highest BCUT2D eigenvalue weighted by Gasteiger charge is 2.20. The van der Waals surface area contributed by atoms with Crippen molar-refractivity contribution in [2.75, 3.05) is 17.2 Å². The van der Waals surface area contributed by atoms with E-state index in [1.165, 1.54) is 24.3 Å². The summed E-state index contributed by atoms with van der Waals surface area (Å²) >= 11 is 0. The van der Waals surface area contributed by atoms with Crippen molar-refractivity contribution in [2.45, 2.75) is 13.0 Å². The third-order valence-corrected chi connectivity index (χ3v) is 3.68. The van der Waals surface area contributed by atoms with Gasteiger partial charge in [0.1, 0.15) is 12.0 Å². The fourth-order valence-electron chi connectivity index (χ4n) is 2.36. The summed E-state index contributed by atoms with van der Waals surface area (Å²) in [5.41, 5.74) is 1.05. The number of nitrogens with zero attached hydrogens (tertiary/aromatic N) is 4. The Morgan fingerprint density at radius 3 is 2.70 bits per heavy atom. The molecule has 4 N–H and O–H groups in total. The summed E-state index contributed by atoms with van der Waals surface area (Å²) in [5.74, 6) is -0.0428. The number of hydrogen-bond acceptors (Lipinski definition) is 8. The van der Waals surface area contributed by atoms with Gasteiger partial charge in [0, 0.05) is 11.8 Å². The molecular weight excluding hydrogens is 357 g/mol. The van der Waals surface area contributed by atoms with Gasteiger partial charge in [-0.1, -0.05) is 12.1 Å². The maximum Gasteiger partial charge on any atom is 0.330 e. The van der Waals surface area contributed by atoms with Crippen LogP contribution in [0.3, 0.4) is 0 Å². The van der Waals surface area contributed by atoms with Gasteiger partial charge in [0.2, 0.25) is 11.8 Å². The number of nitrogens with one attached hydrogen (secondary N) is 3. The number of aliphatic hydroxyl groups excluding tert-OH is 1. The largest absolute Gasteiger partial charge is 0.394 e. The van der Waals surface area contributed by atoms with Gasteiger partial charge in [-0.2, -0.15) is 10.1 Å². The number of aryl methyl sites for hydroxylation is 1. The Morgan fingerprint density at radius 2 is 2.11 bits per heavy atom. The minimum Gasteiger partial charge on any atom is -0.394 e. The Kier molecular flexibility index (Phi) is 5.22. The lowest BCUT2D eigenvalue weighted by Gasteiger charge is -2.17. The highest BCUT2D eigenvalue weighted by molar-refractivity contribution is 5.64. The van der Waals surface area contributed by atoms with E-state index in [4.69, 9.17) is 0 Å². The molecule has 1 atom stereocenters. The number of nitro groups is 1. The van der Waals surface area contributed by atoms with Gasteiger partial charge in [0.25, 0.3) is 0 Å². The van der Waals surface area contributed by atoms with E-state index in [0.717, 1.165) is 11.9 Å². The zero-order valence-electron chi connectivity index (χ0n) is 14.2. The van der Waals surface area contributed by atoms with Crippen molar-refractivity contribution >= 4 is 23.3 Å². The van der Waals surface area contributed by atoms with E-state index in [1.54, 1.807) is 13.0 Å². The molecule has 0 aliphatic rings. The smallest absolute Gasteiger partial charge is 0.330 e. The predicted molar refractivity (Wildman–Crippen MR) is 95.1 cm³/mol. The molecule has 0 aliphatic heterocycles. The van der Waals surface area contributed by atoms with Gasteiger partial charge < -0.3 is 15.7 Å². The zero-order valence-corrected chi connectivity index (χ0v) is 14.2. The number of aliphatic hydroxyl groups is 1. The lowest BCUT2D eigenvalue weighted by atomic mass is 10.1. The van der Waals surface area contributed by atoms with Crippen LogP contribution in [0.5, 0.6) is 0 Å². The van der Waals surface area contributed by atoms with E-state index in [2.05, 4.69) is 30.8 Å². The Bertz CT molecular complexity index is 945. The first-order chi connectivity index (χ1) is 13.0. The summed E-state index contributed by atoms with van der Waals surface area (Å²) in [6, 6.07) is 6.61. The quantitative estimate of drug-likeness (QED) is 0.365. The topological polar surface area (TPSA) is 142 Å². The predicted octanol–water partition coefficient (Wildman–Crippen LogP) is 2.44. The molecule has 1 aromatic carbocycles. The summed E-state index contributed by atoms with van der Waals surface area (Å²) in [4.78, 5) is 18.6. The molecule has 2 heterocycles. The number of H-pyrrole nitrogens is 1. The summed E-state index contributed by atoms with van der Waals surface area (Å²) < 4.78 is 13.1. The zero-order chi connectivity index (χ0) is 19.4. The minimum atomic E-state index is -0.618. The fourth-order valence-corrected chi connectivity index (χ4v) is 2.36. The molecule has 3 rings (SSSR count). The lowest BCUT2D eigenvalue weighted by molar-refractivity contribution is -0.384. The summed E-state index contributed by atoms with van der Waals surface area (Å²) in [6.45, 7) is 1.47. The maximum absolute atomic E-state index is 13.1. The van der Waals surface area contributed by atoms with Crippen LogP contribution in [0, 0.1) is 22.9 Å². The fraction of sp³-hybridized carbons (Fsp3) is 0.188. The maximum atomic E-state index is 13.1. The molecule has 27 heavy (non-hydrogen) atoms. The molecule has 0 amide bonds. The van der Waals surface area contributed by atoms with Crippen molar-refractivity contribution in [3.8, 4) is 0 Å². The molecule has 3 aromatic rings. The Labute approximate surface area is 152 Å². The van der Waals surface area contributed by atoms with Crippen molar-refractivity contribution < 1.29 is 14.4 Å². The third-order valence-electron chi connectivity index (χ3n) is 3.68. The van der Waals surface area contributed by atoms with Crippen LogP contribution in [0.15, 0.2) is 36.5 Å². The van der Waals surface area contributed by atoms with Crippen molar-refractivity contribution in [1.29, 1.82) is 0 Å². The number of benzene rings is 1. The molecule has 0 saturated heterocycles. The molecule has 10 nitrogen and oxygen atoms in total. The second-order valence-electron chi connectivity index (χ2n) is 5.68. The highest BCUT2D eigenvalue weighted by Crippen LogP contribution is 2.26. The van der Waals surface area contributed by atoms with E-state index >= 15 is 0 Å². The van der Waals surface area contributed by atoms with Crippen LogP contribution in [0.2, 0.25) is 0 Å². The van der Waals surface area contributed by atoms with Gasteiger partial charge in [0.15, 0.2) is 5.82 Å². The highest BCUT2D eigenvalue weighted by atomic mass is 19.1. The Hall–Kier alpha value is -3.60. The van der Waals surface area contributed by atoms with Gasteiger partial charge >= 0.3 is 5.69 Å². The number of halogens is 1. The van der Waals surface area contributed by atoms with Gasteiger partial charge in [-0.05, 0) is 24.6 Å². The van der Waals surface area contributed by atoms with E-state index < -0.39 is 16.8 Å². The van der Waals surface area contributed by atoms with Crippen molar-refractivity contribution in [3.63, 3.8) is 0 Å². The standard InChI is InChI=1S/C16H16FN7O3/c1-9-6-14(23-22-9)20-15-13(24(26)27)7-18-16(21-15)19-12(8-25)10-2-4-11(17)5-3-10/h2-7,12,25H,8H2,1H3,(H3,18,19,20,21,22,23). The molecule has 0 saturated carbocycles. The van der Waals surface area contributed by atoms with Gasteiger partial charge in [-0.3, -0.25) is 15.2 Å². The number of aromatic nitrogens is 4. The van der Waals surface area contributed by atoms with Gasteiger partial charge in [-0.25, -0.2) is 9.37 Å². The summed E-state index contributed by atoms with van der Waals surface area (Å²) in [7, 11) is 0. The number of rotatable bonds is 7. The van der Waals surface area contributed by atoms with E-state index in [-0.39, 0.29) is 24.1 Å². The molecule has 140 valence electrons. The van der Waals surface area contributed by atoms with Crippen LogP contribution in [-0.4, -0.2) is 36.8 Å². The Balaban J connectivity index is 1.87. The molecular formula is C16H16FN7O3. The van der Waals surface area contributed by atoms with Crippen molar-refractivity contribution in [1.82, 2.24) is 20.2 Å². The van der Waals surface area contributed by atoms with Crippen molar-refractivity contribution in [2.24, 2.45) is 0 Å².